The summed E-state index contributed by atoms with van der Waals surface area (Å²) in [6.07, 6.45) is 0. The molecule has 0 radical (unpaired) electrons. The summed E-state index contributed by atoms with van der Waals surface area (Å²) in [4.78, 5) is 5.23. The van der Waals surface area contributed by atoms with Crippen molar-refractivity contribution in [3.05, 3.63) is 192 Å². The van der Waals surface area contributed by atoms with E-state index >= 15 is 0 Å². The second-order valence-electron chi connectivity index (χ2n) is 13.9. The fraction of sp³-hybridized carbons (Fsp3) is 0.0208. The smallest absolute Gasteiger partial charge is 0.146 e. The third kappa shape index (κ3) is 3.17. The van der Waals surface area contributed by atoms with Gasteiger partial charge in [-0.15, -0.1) is 0 Å². The minimum absolute atomic E-state index is 0.364. The molecule has 0 fully saturated rings. The minimum atomic E-state index is -0.364. The Morgan fingerprint density at radius 2 is 0.920 bits per heavy atom. The van der Waals surface area contributed by atoms with E-state index in [1.807, 2.05) is 0 Å². The summed E-state index contributed by atoms with van der Waals surface area (Å²) in [6.45, 7) is 0. The number of para-hydroxylation sites is 2. The summed E-state index contributed by atoms with van der Waals surface area (Å²) in [6, 6.07) is 63.1. The molecule has 2 nitrogen and oxygen atoms in total. The zero-order valence-electron chi connectivity index (χ0n) is 27.1. The summed E-state index contributed by atoms with van der Waals surface area (Å²) in [5.41, 5.74) is 17.1. The van der Waals surface area contributed by atoms with Crippen molar-refractivity contribution in [1.82, 2.24) is 9.38 Å². The summed E-state index contributed by atoms with van der Waals surface area (Å²) in [7, 11) is 0. The molecule has 0 saturated carbocycles. The topological polar surface area (TPSA) is 17.3 Å². The van der Waals surface area contributed by atoms with Gasteiger partial charge in [0.1, 0.15) is 5.65 Å². The standard InChI is InChI=1S/C48H28N2/c1-2-12-30-26-39-38(25-29(30)11-1)37-24-22-32(28-46(37)50-45-20-10-9-19-44(45)49-47(39)50)31-21-23-36-35-15-5-8-18-42(35)48(43(36)27-31)40-16-6-3-13-33(40)34-14-4-7-17-41(34)48/h1-28H. The Morgan fingerprint density at radius 1 is 0.380 bits per heavy atom. The number of rotatable bonds is 1. The highest BCUT2D eigenvalue weighted by Gasteiger charge is 2.51. The van der Waals surface area contributed by atoms with Gasteiger partial charge < -0.3 is 0 Å². The van der Waals surface area contributed by atoms with Crippen molar-refractivity contribution in [2.45, 2.75) is 5.41 Å². The Hall–Kier alpha value is -6.51. The van der Waals surface area contributed by atoms with Gasteiger partial charge in [-0.2, -0.15) is 0 Å². The Bertz CT molecular complexity index is 3040. The molecule has 2 aromatic heterocycles. The van der Waals surface area contributed by atoms with Crippen LogP contribution in [0.4, 0.5) is 0 Å². The van der Waals surface area contributed by atoms with Crippen LogP contribution in [0.15, 0.2) is 170 Å². The van der Waals surface area contributed by atoms with Gasteiger partial charge in [0.15, 0.2) is 0 Å². The van der Waals surface area contributed by atoms with Gasteiger partial charge in [-0.25, -0.2) is 4.98 Å². The van der Waals surface area contributed by atoms with Gasteiger partial charge in [0, 0.05) is 10.8 Å². The number of imidazole rings is 1. The first-order valence-corrected chi connectivity index (χ1v) is 17.4. The average molecular weight is 633 g/mol. The number of hydrogen-bond acceptors (Lipinski definition) is 1. The SMILES string of the molecule is c1ccc2c(c1)-c1ccccc1C21c2ccccc2-c2ccc(-c3ccc4c5cc6ccccc6cc5c5nc6ccccc6n5c4c3)cc21. The molecule has 1 spiro atoms. The number of aromatic nitrogens is 2. The van der Waals surface area contributed by atoms with E-state index in [1.54, 1.807) is 0 Å². The number of hydrogen-bond donors (Lipinski definition) is 0. The van der Waals surface area contributed by atoms with Crippen molar-refractivity contribution in [2.75, 3.05) is 0 Å². The third-order valence-electron chi connectivity index (χ3n) is 11.5. The van der Waals surface area contributed by atoms with Crippen molar-refractivity contribution in [1.29, 1.82) is 0 Å². The number of pyridine rings is 1. The Morgan fingerprint density at radius 3 is 1.62 bits per heavy atom. The van der Waals surface area contributed by atoms with Crippen LogP contribution >= 0.6 is 0 Å². The van der Waals surface area contributed by atoms with Crippen molar-refractivity contribution in [2.24, 2.45) is 0 Å². The van der Waals surface area contributed by atoms with E-state index < -0.39 is 0 Å². The molecule has 8 aromatic carbocycles. The van der Waals surface area contributed by atoms with Gasteiger partial charge in [0.2, 0.25) is 0 Å². The summed E-state index contributed by atoms with van der Waals surface area (Å²) < 4.78 is 2.37. The van der Waals surface area contributed by atoms with Crippen molar-refractivity contribution in [3.63, 3.8) is 0 Å². The first-order valence-electron chi connectivity index (χ1n) is 17.4. The van der Waals surface area contributed by atoms with Crippen LogP contribution in [0.3, 0.4) is 0 Å². The van der Waals surface area contributed by atoms with Gasteiger partial charge in [-0.05, 0) is 108 Å². The monoisotopic (exact) mass is 632 g/mol. The molecule has 0 atom stereocenters. The van der Waals surface area contributed by atoms with Crippen molar-refractivity contribution < 1.29 is 0 Å². The molecule has 2 aliphatic carbocycles. The molecule has 50 heavy (non-hydrogen) atoms. The maximum atomic E-state index is 5.23. The van der Waals surface area contributed by atoms with Crippen molar-refractivity contribution >= 4 is 49.1 Å². The Balaban J connectivity index is 1.16. The lowest BCUT2D eigenvalue weighted by Crippen LogP contribution is -2.25. The van der Waals surface area contributed by atoms with Crippen LogP contribution < -0.4 is 0 Å². The largest absolute Gasteiger partial charge is 0.292 e. The molecular weight excluding hydrogens is 605 g/mol. The molecular formula is C48H28N2. The Labute approximate surface area is 288 Å². The van der Waals surface area contributed by atoms with Gasteiger partial charge in [-0.3, -0.25) is 4.40 Å². The van der Waals surface area contributed by atoms with E-state index in [4.69, 9.17) is 4.98 Å². The van der Waals surface area contributed by atoms with Crippen LogP contribution in [0.2, 0.25) is 0 Å². The molecule has 12 rings (SSSR count). The van der Waals surface area contributed by atoms with Gasteiger partial charge in [-0.1, -0.05) is 133 Å². The van der Waals surface area contributed by atoms with Gasteiger partial charge >= 0.3 is 0 Å². The molecule has 0 bridgehead atoms. The third-order valence-corrected chi connectivity index (χ3v) is 11.5. The molecule has 0 aliphatic heterocycles. The molecule has 2 heteroatoms. The summed E-state index contributed by atoms with van der Waals surface area (Å²) >= 11 is 0. The van der Waals surface area contributed by atoms with E-state index in [-0.39, 0.29) is 5.41 Å². The Kier molecular flexibility index (Phi) is 4.94. The predicted octanol–water partition coefficient (Wildman–Crippen LogP) is 12.0. The lowest BCUT2D eigenvalue weighted by atomic mass is 9.70. The zero-order chi connectivity index (χ0) is 32.6. The summed E-state index contributed by atoms with van der Waals surface area (Å²) in [5.74, 6) is 0. The summed E-state index contributed by atoms with van der Waals surface area (Å²) in [5, 5.41) is 6.11. The quantitative estimate of drug-likeness (QED) is 0.130. The van der Waals surface area contributed by atoms with E-state index in [1.165, 1.54) is 88.1 Å². The first-order chi connectivity index (χ1) is 24.8. The number of nitrogens with zero attached hydrogens (tertiary/aromatic N) is 2. The molecule has 0 amide bonds. The molecule has 2 heterocycles. The molecule has 0 unspecified atom stereocenters. The van der Waals surface area contributed by atoms with Crippen LogP contribution in [0.1, 0.15) is 22.3 Å². The van der Waals surface area contributed by atoms with Crippen LogP contribution in [-0.2, 0) is 5.41 Å². The van der Waals surface area contributed by atoms with E-state index in [0.717, 1.165) is 16.7 Å². The molecule has 2 aliphatic rings. The van der Waals surface area contributed by atoms with E-state index in [0.29, 0.717) is 0 Å². The highest BCUT2D eigenvalue weighted by Crippen LogP contribution is 2.63. The van der Waals surface area contributed by atoms with Crippen LogP contribution in [0, 0.1) is 0 Å². The number of benzene rings is 8. The molecule has 230 valence electrons. The normalized spacial score (nSPS) is 13.8. The second-order valence-corrected chi connectivity index (χ2v) is 13.9. The number of fused-ring (bicyclic) bond motifs is 19. The predicted molar refractivity (Wildman–Crippen MR) is 207 cm³/mol. The van der Waals surface area contributed by atoms with E-state index in [2.05, 4.69) is 174 Å². The van der Waals surface area contributed by atoms with E-state index in [9.17, 15) is 0 Å². The maximum Gasteiger partial charge on any atom is 0.146 e. The first kappa shape index (κ1) is 26.4. The molecule has 0 N–H and O–H groups in total. The zero-order valence-corrected chi connectivity index (χ0v) is 27.1. The van der Waals surface area contributed by atoms with Gasteiger partial charge in [0.05, 0.1) is 22.0 Å². The lowest BCUT2D eigenvalue weighted by Gasteiger charge is -2.30. The van der Waals surface area contributed by atoms with Crippen LogP contribution in [0.5, 0.6) is 0 Å². The fourth-order valence-corrected chi connectivity index (χ4v) is 9.50. The molecule has 10 aromatic rings. The minimum Gasteiger partial charge on any atom is -0.292 e. The average Bonchev–Trinajstić information content (AvgIpc) is 3.82. The second kappa shape index (κ2) is 9.34. The molecule has 0 saturated heterocycles. The van der Waals surface area contributed by atoms with Crippen LogP contribution in [0.25, 0.3) is 82.5 Å². The maximum absolute atomic E-state index is 5.23. The highest BCUT2D eigenvalue weighted by atomic mass is 15.0. The van der Waals surface area contributed by atoms with Crippen molar-refractivity contribution in [3.8, 4) is 33.4 Å². The lowest BCUT2D eigenvalue weighted by molar-refractivity contribution is 0.794. The fourth-order valence-electron chi connectivity index (χ4n) is 9.50. The van der Waals surface area contributed by atoms with Crippen LogP contribution in [-0.4, -0.2) is 9.38 Å². The highest BCUT2D eigenvalue weighted by molar-refractivity contribution is 6.18. The van der Waals surface area contributed by atoms with Gasteiger partial charge in [0.25, 0.3) is 0 Å².